The Bertz CT molecular complexity index is 1560. The molecule has 0 saturated heterocycles. The lowest BCUT2D eigenvalue weighted by molar-refractivity contribution is -0.112. The minimum Gasteiger partial charge on any atom is -0.497 e. The van der Waals surface area contributed by atoms with Crippen molar-refractivity contribution < 1.29 is 19.0 Å². The summed E-state index contributed by atoms with van der Waals surface area (Å²) in [7, 11) is 1.54. The first-order valence-corrected chi connectivity index (χ1v) is 13.1. The molecule has 4 aromatic rings. The van der Waals surface area contributed by atoms with Crippen LogP contribution >= 0.6 is 23.2 Å². The van der Waals surface area contributed by atoms with E-state index < -0.39 is 5.91 Å². The van der Waals surface area contributed by atoms with Gasteiger partial charge in [-0.05, 0) is 67.1 Å². The lowest BCUT2D eigenvalue weighted by atomic mass is 10.1. The molecular weight excluding hydrogens is 547 g/mol. The molecule has 0 aliphatic heterocycles. The van der Waals surface area contributed by atoms with E-state index in [4.69, 9.17) is 37.4 Å². The van der Waals surface area contributed by atoms with Crippen molar-refractivity contribution in [3.8, 4) is 23.3 Å². The minimum atomic E-state index is -0.557. The Hall–Kier alpha value is -4.44. The fourth-order valence-corrected chi connectivity index (χ4v) is 4.13. The summed E-state index contributed by atoms with van der Waals surface area (Å²) in [5, 5.41) is 13.5. The highest BCUT2D eigenvalue weighted by atomic mass is 35.5. The number of aryl methyl sites for hydroxylation is 1. The van der Waals surface area contributed by atoms with Crippen molar-refractivity contribution >= 4 is 40.9 Å². The monoisotopic (exact) mass is 572 g/mol. The molecule has 4 aromatic carbocycles. The Morgan fingerprint density at radius 1 is 0.900 bits per heavy atom. The van der Waals surface area contributed by atoms with Crippen molar-refractivity contribution in [2.24, 2.45) is 0 Å². The molecule has 0 heterocycles. The van der Waals surface area contributed by atoms with Crippen molar-refractivity contribution in [2.75, 3.05) is 12.4 Å². The quantitative estimate of drug-likeness (QED) is 0.154. The highest BCUT2D eigenvalue weighted by Crippen LogP contribution is 2.29. The summed E-state index contributed by atoms with van der Waals surface area (Å²) in [5.74, 6) is 1.08. The van der Waals surface area contributed by atoms with Gasteiger partial charge in [-0.1, -0.05) is 59.1 Å². The average Bonchev–Trinajstić information content (AvgIpc) is 2.96. The second kappa shape index (κ2) is 13.6. The minimum absolute atomic E-state index is 0.0979. The molecule has 0 aliphatic rings. The molecule has 0 fully saturated rings. The van der Waals surface area contributed by atoms with Crippen LogP contribution in [-0.4, -0.2) is 13.0 Å². The fourth-order valence-electron chi connectivity index (χ4n) is 3.67. The fraction of sp³-hybridized carbons (Fsp3) is 0.125. The molecule has 1 amide bonds. The van der Waals surface area contributed by atoms with E-state index >= 15 is 0 Å². The van der Waals surface area contributed by atoms with Crippen LogP contribution in [0.15, 0.2) is 90.5 Å². The molecule has 0 bridgehead atoms. The highest BCUT2D eigenvalue weighted by Gasteiger charge is 2.13. The number of hydrogen-bond donors (Lipinski definition) is 1. The number of nitriles is 1. The lowest BCUT2D eigenvalue weighted by Crippen LogP contribution is -2.13. The number of benzene rings is 4. The maximum absolute atomic E-state index is 12.9. The van der Waals surface area contributed by atoms with Gasteiger partial charge in [-0.15, -0.1) is 0 Å². The third-order valence-corrected chi connectivity index (χ3v) is 6.51. The number of hydrogen-bond acceptors (Lipinski definition) is 5. The standard InChI is InChI=1S/C32H26Cl2N2O4/c1-21-3-5-22(6-4-21)19-39-28-13-10-27(11-14-28)36-32(37)25(18-35)15-23-8-12-29(38-2)17-31(23)40-20-24-7-9-26(33)16-30(24)34/h3-17H,19-20H2,1-2H3,(H,36,37)/b25-15+. The SMILES string of the molecule is COc1ccc(/C=C(\C#N)C(=O)Nc2ccc(OCc3ccc(C)cc3)cc2)c(OCc2ccc(Cl)cc2Cl)c1. The predicted molar refractivity (Wildman–Crippen MR) is 158 cm³/mol. The van der Waals surface area contributed by atoms with E-state index in [0.29, 0.717) is 45.2 Å². The van der Waals surface area contributed by atoms with Gasteiger partial charge < -0.3 is 19.5 Å². The lowest BCUT2D eigenvalue weighted by Gasteiger charge is -2.13. The molecule has 1 N–H and O–H groups in total. The van der Waals surface area contributed by atoms with Gasteiger partial charge in [0, 0.05) is 32.9 Å². The van der Waals surface area contributed by atoms with E-state index in [1.165, 1.54) is 18.7 Å². The summed E-state index contributed by atoms with van der Waals surface area (Å²) in [4.78, 5) is 12.9. The summed E-state index contributed by atoms with van der Waals surface area (Å²) >= 11 is 12.3. The largest absolute Gasteiger partial charge is 0.497 e. The van der Waals surface area contributed by atoms with Gasteiger partial charge >= 0.3 is 0 Å². The van der Waals surface area contributed by atoms with Crippen molar-refractivity contribution in [1.82, 2.24) is 0 Å². The molecule has 4 rings (SSSR count). The number of amides is 1. The third kappa shape index (κ3) is 7.79. The van der Waals surface area contributed by atoms with Gasteiger partial charge in [0.05, 0.1) is 7.11 Å². The average molecular weight is 573 g/mol. The summed E-state index contributed by atoms with van der Waals surface area (Å²) in [5.41, 5.74) is 3.93. The van der Waals surface area contributed by atoms with E-state index in [-0.39, 0.29) is 12.2 Å². The van der Waals surface area contributed by atoms with Crippen molar-refractivity contribution in [3.63, 3.8) is 0 Å². The Kier molecular flexibility index (Phi) is 9.69. The molecule has 8 heteroatoms. The second-order valence-corrected chi connectivity index (χ2v) is 9.69. The highest BCUT2D eigenvalue weighted by molar-refractivity contribution is 6.35. The molecule has 40 heavy (non-hydrogen) atoms. The molecule has 202 valence electrons. The van der Waals surface area contributed by atoms with Gasteiger partial charge in [0.1, 0.15) is 42.1 Å². The first-order chi connectivity index (χ1) is 19.3. The molecule has 0 saturated carbocycles. The number of anilines is 1. The van der Waals surface area contributed by atoms with Gasteiger partial charge in [0.2, 0.25) is 0 Å². The van der Waals surface area contributed by atoms with Crippen molar-refractivity contribution in [1.29, 1.82) is 5.26 Å². The smallest absolute Gasteiger partial charge is 0.266 e. The summed E-state index contributed by atoms with van der Waals surface area (Å²) in [6, 6.07) is 27.3. The zero-order valence-corrected chi connectivity index (χ0v) is 23.4. The van der Waals surface area contributed by atoms with Crippen LogP contribution in [0.25, 0.3) is 6.08 Å². The van der Waals surface area contributed by atoms with Crippen LogP contribution in [0, 0.1) is 18.3 Å². The number of methoxy groups -OCH3 is 1. The molecule has 0 spiro atoms. The van der Waals surface area contributed by atoms with E-state index in [0.717, 1.165) is 11.1 Å². The zero-order chi connectivity index (χ0) is 28.5. The van der Waals surface area contributed by atoms with Gasteiger partial charge in [-0.2, -0.15) is 5.26 Å². The molecule has 6 nitrogen and oxygen atoms in total. The molecular formula is C32H26Cl2N2O4. The number of nitrogens with one attached hydrogen (secondary N) is 1. The normalized spacial score (nSPS) is 10.9. The Balaban J connectivity index is 1.45. The van der Waals surface area contributed by atoms with Crippen LogP contribution < -0.4 is 19.5 Å². The van der Waals surface area contributed by atoms with Crippen LogP contribution in [0.2, 0.25) is 10.0 Å². The maximum atomic E-state index is 12.9. The van der Waals surface area contributed by atoms with Gasteiger partial charge in [0.15, 0.2) is 0 Å². The molecule has 0 aromatic heterocycles. The molecule has 0 unspecified atom stereocenters. The Morgan fingerprint density at radius 2 is 1.62 bits per heavy atom. The molecule has 0 atom stereocenters. The summed E-state index contributed by atoms with van der Waals surface area (Å²) in [6.07, 6.45) is 1.46. The number of ether oxygens (including phenoxy) is 3. The van der Waals surface area contributed by atoms with Gasteiger partial charge in [-0.25, -0.2) is 0 Å². The second-order valence-electron chi connectivity index (χ2n) is 8.85. The number of carbonyl (C=O) groups excluding carboxylic acids is 1. The van der Waals surface area contributed by atoms with Crippen LogP contribution in [0.4, 0.5) is 5.69 Å². The van der Waals surface area contributed by atoms with E-state index in [9.17, 15) is 10.1 Å². The summed E-state index contributed by atoms with van der Waals surface area (Å²) < 4.78 is 17.1. The summed E-state index contributed by atoms with van der Waals surface area (Å²) in [6.45, 7) is 2.62. The van der Waals surface area contributed by atoms with Gasteiger partial charge in [-0.3, -0.25) is 4.79 Å². The number of rotatable bonds is 10. The zero-order valence-electron chi connectivity index (χ0n) is 21.9. The van der Waals surface area contributed by atoms with Gasteiger partial charge in [0.25, 0.3) is 5.91 Å². The molecule has 0 aliphatic carbocycles. The third-order valence-electron chi connectivity index (χ3n) is 5.92. The number of halogens is 2. The maximum Gasteiger partial charge on any atom is 0.266 e. The van der Waals surface area contributed by atoms with Crippen molar-refractivity contribution in [2.45, 2.75) is 20.1 Å². The number of nitrogens with zero attached hydrogens (tertiary/aromatic N) is 1. The number of carbonyl (C=O) groups is 1. The topological polar surface area (TPSA) is 80.6 Å². The van der Waals surface area contributed by atoms with Crippen molar-refractivity contribution in [3.05, 3.63) is 123 Å². The first-order valence-electron chi connectivity index (χ1n) is 12.3. The Morgan fingerprint density at radius 3 is 2.30 bits per heavy atom. The van der Waals surface area contributed by atoms with E-state index in [1.54, 1.807) is 60.7 Å². The van der Waals surface area contributed by atoms with Crippen LogP contribution in [-0.2, 0) is 18.0 Å². The predicted octanol–water partition coefficient (Wildman–Crippen LogP) is 8.01. The van der Waals surface area contributed by atoms with Crippen LogP contribution in [0.5, 0.6) is 17.2 Å². The molecule has 0 radical (unpaired) electrons. The van der Waals surface area contributed by atoms with Crippen LogP contribution in [0.1, 0.15) is 22.3 Å². The van der Waals surface area contributed by atoms with E-state index in [1.807, 2.05) is 37.3 Å². The first kappa shape index (κ1) is 28.6. The van der Waals surface area contributed by atoms with E-state index in [2.05, 4.69) is 5.32 Å². The van der Waals surface area contributed by atoms with Crippen LogP contribution in [0.3, 0.4) is 0 Å². The Labute approximate surface area is 243 Å².